The molecule has 6 aromatic carbocycles. The van der Waals surface area contributed by atoms with Crippen molar-refractivity contribution >= 4 is 62.9 Å². The van der Waals surface area contributed by atoms with E-state index < -0.39 is 0 Å². The summed E-state index contributed by atoms with van der Waals surface area (Å²) in [7, 11) is 4.81. The molecule has 0 atom stereocenters. The van der Waals surface area contributed by atoms with E-state index in [0.29, 0.717) is 79.2 Å². The normalized spacial score (nSPS) is 17.4. The van der Waals surface area contributed by atoms with Crippen LogP contribution in [-0.4, -0.2) is 150 Å². The van der Waals surface area contributed by atoms with Gasteiger partial charge in [-0.1, -0.05) is 103 Å². The van der Waals surface area contributed by atoms with E-state index in [1.165, 1.54) is 25.7 Å². The van der Waals surface area contributed by atoms with Crippen LogP contribution < -0.4 is 81.2 Å². The summed E-state index contributed by atoms with van der Waals surface area (Å²) >= 11 is 6.57. The Morgan fingerprint density at radius 3 is 1.23 bits per heavy atom. The summed E-state index contributed by atoms with van der Waals surface area (Å²) in [5, 5.41) is 13.1. The number of aromatic nitrogens is 9. The van der Waals surface area contributed by atoms with Crippen LogP contribution in [0.2, 0.25) is 5.15 Å². The van der Waals surface area contributed by atoms with Crippen molar-refractivity contribution in [2.75, 3.05) is 73.9 Å². The molecule has 6 fully saturated rings. The van der Waals surface area contributed by atoms with Gasteiger partial charge in [0.05, 0.1) is 56.0 Å². The number of hydrogen-bond acceptors (Lipinski definition) is 19. The van der Waals surface area contributed by atoms with E-state index in [0.717, 1.165) is 174 Å². The van der Waals surface area contributed by atoms with Gasteiger partial charge in [-0.15, -0.1) is 12.4 Å². The van der Waals surface area contributed by atoms with Gasteiger partial charge in [-0.25, -0.2) is 24.9 Å². The number of aromatic amines is 1. The van der Waals surface area contributed by atoms with Crippen LogP contribution in [0.15, 0.2) is 206 Å². The number of para-hydroxylation sites is 3. The molecular formula is C83H90Cl2KN11O12. The van der Waals surface area contributed by atoms with Crippen LogP contribution in [0.5, 0.6) is 40.4 Å². The first kappa shape index (κ1) is 81.7. The van der Waals surface area contributed by atoms with Crippen molar-refractivity contribution in [3.8, 4) is 73.8 Å². The summed E-state index contributed by atoms with van der Waals surface area (Å²) in [6.45, 7) is 7.50. The van der Waals surface area contributed by atoms with Crippen molar-refractivity contribution in [3.05, 3.63) is 217 Å². The van der Waals surface area contributed by atoms with Crippen molar-refractivity contribution in [1.29, 1.82) is 0 Å². The Morgan fingerprint density at radius 2 is 0.835 bits per heavy atom. The number of likely N-dealkylation sites (N-methyl/N-ethyl adjacent to an activating group) is 1. The second-order valence-electron chi connectivity index (χ2n) is 27.0. The largest absolute Gasteiger partial charge is 1.00 e. The minimum Gasteiger partial charge on any atom is -0.870 e. The SMILES string of the molecule is CN1CCNCC1.CO.COc1ncnc2c1c(-c1ccc(Oc3ccccc3)cc1)cn2C1CCC2(CC1)OCCO2.Cl.Clc1ncnc2c1c(-c1ccc(Oc3ccccc3)cc1)cn2C1CCC2(CC1)OCCO2.O=C1CCC(n2cc(-c3ccc(Oc4ccccc4)cc3)c3c(=O)[nH]cnc32)CC1.[K+].[OH-]. The maximum atomic E-state index is 12.6. The third kappa shape index (κ3) is 19.4. The zero-order chi connectivity index (χ0) is 72.8. The topological polar surface area (TPSA) is 269 Å². The fourth-order valence-corrected chi connectivity index (χ4v) is 15.2. The first-order valence-corrected chi connectivity index (χ1v) is 36.8. The maximum Gasteiger partial charge on any atom is 1.00 e. The molecule has 6 aromatic heterocycles. The number of nitrogens with one attached hydrogen (secondary N) is 2. The Kier molecular flexibility index (Phi) is 28.9. The predicted molar refractivity (Wildman–Crippen MR) is 417 cm³/mol. The van der Waals surface area contributed by atoms with E-state index in [1.807, 2.05) is 146 Å². The van der Waals surface area contributed by atoms with Crippen LogP contribution >= 0.6 is 24.0 Å². The summed E-state index contributed by atoms with van der Waals surface area (Å²) in [6, 6.07) is 53.8. The van der Waals surface area contributed by atoms with Crippen molar-refractivity contribution in [2.24, 2.45) is 0 Å². The summed E-state index contributed by atoms with van der Waals surface area (Å²) in [4.78, 5) is 51.7. The van der Waals surface area contributed by atoms with Crippen molar-refractivity contribution in [2.45, 2.75) is 107 Å². The number of ether oxygens (including phenoxy) is 8. The van der Waals surface area contributed by atoms with Crippen LogP contribution in [0.3, 0.4) is 0 Å². The van der Waals surface area contributed by atoms with Gasteiger partial charge in [0.2, 0.25) is 5.88 Å². The molecule has 9 heterocycles. The van der Waals surface area contributed by atoms with Crippen molar-refractivity contribution < 1.29 is 105 Å². The number of halogens is 2. The van der Waals surface area contributed by atoms with Gasteiger partial charge in [-0.05, 0) is 135 Å². The molecule has 18 rings (SSSR count). The second kappa shape index (κ2) is 38.6. The molecule has 0 bridgehead atoms. The molecule has 6 aliphatic rings. The van der Waals surface area contributed by atoms with E-state index in [4.69, 9.17) is 54.6 Å². The van der Waals surface area contributed by atoms with Crippen molar-refractivity contribution in [3.63, 3.8) is 0 Å². The molecule has 564 valence electrons. The molecule has 3 aliphatic carbocycles. The fourth-order valence-electron chi connectivity index (χ4n) is 15.0. The Morgan fingerprint density at radius 1 is 0.477 bits per heavy atom. The molecule has 0 amide bonds. The standard InChI is InChI=1S/C27H27N3O4.C26H24ClN3O3.C24H21N3O3.C5H12N2.CH4O.ClH.K.H2O/c1-31-26-24-23(19-7-9-22(10-8-19)34-21-5-3-2-4-6-21)17-30(25(24)28-18-29-26)20-11-13-27(14-12-20)32-15-16-33-27;27-24-23-22(18-6-8-21(9-7-18)33-20-4-2-1-3-5-20)16-30(25(23)29-17-28-24)19-10-12-26(13-11-19)31-14-15-32-26;28-18-10-8-17(9-11-18)27-14-21(22-23(27)25-15-26-24(22)29)16-6-12-20(13-7-16)30-19-4-2-1-3-5-19;1-7-4-2-6-3-5-7;1-2;;;/h2-10,17-18,20H,11-16H2,1H3;1-9,16-17,19H,10-15H2;1-7,12-15,17H,8-11H2,(H,25,26,29);6H,2-5H2,1H3;2H,1H3;1H;;1H2/q;;;;;;+1;/p-1. The number of fused-ring (bicyclic) bond motifs is 3. The number of ketones is 1. The molecule has 2 spiro atoms. The number of rotatable bonds is 13. The van der Waals surface area contributed by atoms with Gasteiger partial charge in [-0.3, -0.25) is 9.59 Å². The Hall–Kier alpha value is -8.25. The van der Waals surface area contributed by atoms with Gasteiger partial charge in [0.15, 0.2) is 11.6 Å². The van der Waals surface area contributed by atoms with Crippen LogP contribution in [-0.2, 0) is 23.7 Å². The molecule has 0 radical (unpaired) electrons. The molecule has 3 saturated carbocycles. The smallest absolute Gasteiger partial charge is 0.870 e. The van der Waals surface area contributed by atoms with Crippen LogP contribution in [0, 0.1) is 0 Å². The van der Waals surface area contributed by atoms with Crippen LogP contribution in [0.1, 0.15) is 95.2 Å². The molecule has 3 saturated heterocycles. The van der Waals surface area contributed by atoms with E-state index in [-0.39, 0.29) is 92.4 Å². The van der Waals surface area contributed by atoms with Gasteiger partial charge in [0, 0.05) is 125 Å². The number of methoxy groups -OCH3 is 1. The monoisotopic (exact) mass is 1540 g/mol. The summed E-state index contributed by atoms with van der Waals surface area (Å²) in [5.41, 5.74) is 8.19. The van der Waals surface area contributed by atoms with Crippen molar-refractivity contribution in [1.82, 2.24) is 53.8 Å². The van der Waals surface area contributed by atoms with E-state index in [1.54, 1.807) is 13.4 Å². The molecule has 4 N–H and O–H groups in total. The van der Waals surface area contributed by atoms with E-state index in [2.05, 4.69) is 97.5 Å². The molecule has 3 aliphatic heterocycles. The third-order valence-corrected chi connectivity index (χ3v) is 20.8. The average Bonchev–Trinajstić information content (AvgIpc) is 1.62. The number of aliphatic hydroxyl groups is 1. The first-order chi connectivity index (χ1) is 52.0. The van der Waals surface area contributed by atoms with Gasteiger partial charge >= 0.3 is 51.4 Å². The zero-order valence-electron chi connectivity index (χ0n) is 61.7. The number of hydrogen-bond donors (Lipinski definition) is 3. The molecule has 23 nitrogen and oxygen atoms in total. The first-order valence-electron chi connectivity index (χ1n) is 36.4. The van der Waals surface area contributed by atoms with Gasteiger partial charge in [0.1, 0.15) is 75.0 Å². The molecule has 0 unspecified atom stereocenters. The quantitative estimate of drug-likeness (QED) is 0.0715. The molecular weight excluding hydrogens is 1450 g/mol. The Balaban J connectivity index is 0.000000152. The molecule has 109 heavy (non-hydrogen) atoms. The number of carbonyl (C=O) groups excluding carboxylic acids is 1. The predicted octanol–water partition coefficient (Wildman–Crippen LogP) is 13.4. The number of benzene rings is 6. The maximum absolute atomic E-state index is 12.6. The number of nitrogens with zero attached hydrogens (tertiary/aromatic N) is 9. The number of Topliss-reactive ketones (excluding diaryl/α,β-unsaturated/α-hetero) is 1. The fraction of sp³-hybridized carbons (Fsp3) is 0.337. The number of H-pyrrole nitrogens is 1. The van der Waals surface area contributed by atoms with Crippen LogP contribution in [0.4, 0.5) is 0 Å². The minimum atomic E-state index is -0.385. The average molecular weight is 1540 g/mol. The zero-order valence-corrected chi connectivity index (χ0v) is 66.4. The summed E-state index contributed by atoms with van der Waals surface area (Å²) in [5.74, 6) is 4.81. The third-order valence-electron chi connectivity index (χ3n) is 20.5. The summed E-state index contributed by atoms with van der Waals surface area (Å²) in [6.07, 6.45) is 21.0. The number of aliphatic hydroxyl groups excluding tert-OH is 1. The Bertz CT molecular complexity index is 4910. The molecule has 12 aromatic rings. The minimum absolute atomic E-state index is 0. The van der Waals surface area contributed by atoms with Gasteiger partial charge < -0.3 is 77.4 Å². The number of carbonyl (C=O) groups is 1. The second-order valence-corrected chi connectivity index (χ2v) is 27.4. The van der Waals surface area contributed by atoms with E-state index >= 15 is 0 Å². The number of piperazine rings is 1. The molecule has 26 heteroatoms. The Labute approximate surface area is 686 Å². The van der Waals surface area contributed by atoms with Gasteiger partial charge in [-0.2, -0.15) is 0 Å². The van der Waals surface area contributed by atoms with Gasteiger partial charge in [0.25, 0.3) is 5.56 Å². The van der Waals surface area contributed by atoms with Crippen LogP contribution in [0.25, 0.3) is 66.5 Å². The van der Waals surface area contributed by atoms with E-state index in [9.17, 15) is 9.59 Å². The summed E-state index contributed by atoms with van der Waals surface area (Å²) < 4.78 is 53.7.